The highest BCUT2D eigenvalue weighted by molar-refractivity contribution is 6.03. The van der Waals surface area contributed by atoms with Crippen LogP contribution in [0.4, 0.5) is 0 Å². The van der Waals surface area contributed by atoms with Gasteiger partial charge in [-0.15, -0.1) is 0 Å². The number of allylic oxidation sites excluding steroid dienone is 2. The molecular formula is C20H16O2. The summed E-state index contributed by atoms with van der Waals surface area (Å²) in [5.41, 5.74) is 3.80. The Labute approximate surface area is 129 Å². The van der Waals surface area contributed by atoms with Gasteiger partial charge in [-0.05, 0) is 11.1 Å². The second kappa shape index (κ2) is 6.35. The van der Waals surface area contributed by atoms with Gasteiger partial charge >= 0.3 is 0 Å². The van der Waals surface area contributed by atoms with E-state index in [4.69, 9.17) is 0 Å². The number of carbonyl (C=O) groups excluding carboxylic acids is 2. The quantitative estimate of drug-likeness (QED) is 0.711. The zero-order chi connectivity index (χ0) is 15.4. The second-order valence-corrected chi connectivity index (χ2v) is 5.23. The summed E-state index contributed by atoms with van der Waals surface area (Å²) in [6.45, 7) is 0. The van der Waals surface area contributed by atoms with Gasteiger partial charge in [-0.2, -0.15) is 0 Å². The van der Waals surface area contributed by atoms with Crippen LogP contribution in [0.1, 0.15) is 44.7 Å². The Morgan fingerprint density at radius 3 is 1.41 bits per heavy atom. The van der Waals surface area contributed by atoms with Crippen LogP contribution in [0.2, 0.25) is 0 Å². The molecule has 2 heteroatoms. The van der Waals surface area contributed by atoms with Crippen molar-refractivity contribution in [3.8, 4) is 0 Å². The minimum atomic E-state index is 0.225. The van der Waals surface area contributed by atoms with Gasteiger partial charge in [-0.3, -0.25) is 9.59 Å². The van der Waals surface area contributed by atoms with Crippen molar-refractivity contribution in [3.63, 3.8) is 0 Å². The van der Waals surface area contributed by atoms with Crippen molar-refractivity contribution in [1.29, 1.82) is 0 Å². The lowest BCUT2D eigenvalue weighted by atomic mass is 9.97. The van der Waals surface area contributed by atoms with E-state index in [2.05, 4.69) is 0 Å². The average Bonchev–Trinajstić information content (AvgIpc) is 2.57. The number of carbonyl (C=O) groups is 2. The fourth-order valence-corrected chi connectivity index (χ4v) is 2.60. The first-order valence-electron chi connectivity index (χ1n) is 7.33. The summed E-state index contributed by atoms with van der Waals surface area (Å²) in [5.74, 6) is 0.450. The molecule has 2 nitrogen and oxygen atoms in total. The van der Waals surface area contributed by atoms with Crippen LogP contribution < -0.4 is 0 Å². The van der Waals surface area contributed by atoms with Crippen molar-refractivity contribution >= 4 is 23.7 Å². The van der Waals surface area contributed by atoms with Crippen molar-refractivity contribution in [1.82, 2.24) is 0 Å². The Morgan fingerprint density at radius 1 is 0.591 bits per heavy atom. The van der Waals surface area contributed by atoms with Crippen molar-refractivity contribution < 1.29 is 9.59 Å². The van der Waals surface area contributed by atoms with Gasteiger partial charge < -0.3 is 0 Å². The third kappa shape index (κ3) is 2.96. The number of benzene rings is 2. The summed E-state index contributed by atoms with van der Waals surface area (Å²) in [4.78, 5) is 22.5. The zero-order valence-corrected chi connectivity index (χ0v) is 12.2. The summed E-state index contributed by atoms with van der Waals surface area (Å²) >= 11 is 0. The molecule has 0 amide bonds. The number of ketones is 2. The smallest absolute Gasteiger partial charge is 0.167 e. The number of rotatable bonds is 0. The summed E-state index contributed by atoms with van der Waals surface area (Å²) < 4.78 is 0. The summed E-state index contributed by atoms with van der Waals surface area (Å²) in [5, 5.41) is 0. The first-order chi connectivity index (χ1) is 10.8. The number of Topliss-reactive ketones (excluding diaryl/α,β-unsaturated/α-hetero) is 2. The van der Waals surface area contributed by atoms with E-state index in [0.29, 0.717) is 12.8 Å². The summed E-state index contributed by atoms with van der Waals surface area (Å²) in [6, 6.07) is 15.4. The zero-order valence-electron chi connectivity index (χ0n) is 12.2. The molecule has 0 spiro atoms. The fourth-order valence-electron chi connectivity index (χ4n) is 2.60. The van der Waals surface area contributed by atoms with E-state index in [9.17, 15) is 9.59 Å². The minimum Gasteiger partial charge on any atom is -0.294 e. The molecule has 0 heterocycles. The van der Waals surface area contributed by atoms with E-state index in [1.165, 1.54) is 0 Å². The van der Waals surface area contributed by atoms with Gasteiger partial charge in [0.05, 0.1) is 0 Å². The van der Waals surface area contributed by atoms with Crippen LogP contribution in [0.15, 0.2) is 60.7 Å². The molecule has 108 valence electrons. The van der Waals surface area contributed by atoms with Gasteiger partial charge in [-0.1, -0.05) is 72.8 Å². The van der Waals surface area contributed by atoms with Crippen LogP contribution >= 0.6 is 0 Å². The fraction of sp³-hybridized carbons (Fsp3) is 0.100. The van der Waals surface area contributed by atoms with E-state index in [0.717, 1.165) is 22.3 Å². The van der Waals surface area contributed by atoms with Gasteiger partial charge in [0, 0.05) is 24.0 Å². The van der Waals surface area contributed by atoms with E-state index in [-0.39, 0.29) is 11.6 Å². The molecule has 0 radical (unpaired) electrons. The standard InChI is InChI=1S/2C10H8O/c2*11-10-7-3-5-8-4-1-2-6-9(8)10/h2*1-6H,7H2. The molecule has 0 saturated carbocycles. The third-order valence-electron chi connectivity index (χ3n) is 3.72. The molecule has 2 aromatic carbocycles. The molecule has 0 saturated heterocycles. The summed E-state index contributed by atoms with van der Waals surface area (Å²) in [6.07, 6.45) is 8.91. The molecule has 0 N–H and O–H groups in total. The molecule has 0 fully saturated rings. The van der Waals surface area contributed by atoms with E-state index in [1.54, 1.807) is 0 Å². The number of fused-ring (bicyclic) bond motifs is 2. The monoisotopic (exact) mass is 288 g/mol. The van der Waals surface area contributed by atoms with Crippen LogP contribution in [0, 0.1) is 0 Å². The van der Waals surface area contributed by atoms with E-state index >= 15 is 0 Å². The van der Waals surface area contributed by atoms with Gasteiger partial charge in [0.2, 0.25) is 0 Å². The SMILES string of the molecule is O=C1CC=Cc2ccccc21.O=C1CC=Cc2ccccc21. The van der Waals surface area contributed by atoms with Crippen LogP contribution in [-0.4, -0.2) is 11.6 Å². The molecule has 0 atom stereocenters. The molecule has 0 aromatic heterocycles. The lowest BCUT2D eigenvalue weighted by molar-refractivity contribution is 0.0986. The molecule has 0 bridgehead atoms. The Bertz CT molecular complexity index is 714. The highest BCUT2D eigenvalue weighted by Gasteiger charge is 2.11. The first kappa shape index (κ1) is 14.2. The molecular weight excluding hydrogens is 272 g/mol. The second-order valence-electron chi connectivity index (χ2n) is 5.23. The molecule has 4 rings (SSSR count). The maximum Gasteiger partial charge on any atom is 0.167 e. The van der Waals surface area contributed by atoms with Crippen molar-refractivity contribution in [2.75, 3.05) is 0 Å². The Hall–Kier alpha value is -2.74. The molecule has 22 heavy (non-hydrogen) atoms. The lowest BCUT2D eigenvalue weighted by Gasteiger charge is -2.07. The topological polar surface area (TPSA) is 34.1 Å². The lowest BCUT2D eigenvalue weighted by Crippen LogP contribution is -2.02. The largest absolute Gasteiger partial charge is 0.294 e. The first-order valence-corrected chi connectivity index (χ1v) is 7.33. The van der Waals surface area contributed by atoms with E-state index in [1.807, 2.05) is 72.8 Å². The molecule has 0 unspecified atom stereocenters. The maximum absolute atomic E-state index is 11.2. The number of hydrogen-bond acceptors (Lipinski definition) is 2. The van der Waals surface area contributed by atoms with Crippen LogP contribution in [-0.2, 0) is 0 Å². The Balaban J connectivity index is 0.000000131. The minimum absolute atomic E-state index is 0.225. The maximum atomic E-state index is 11.2. The molecule has 2 aliphatic rings. The van der Waals surface area contributed by atoms with Gasteiger partial charge in [-0.25, -0.2) is 0 Å². The highest BCUT2D eigenvalue weighted by atomic mass is 16.1. The Morgan fingerprint density at radius 2 is 1.00 bits per heavy atom. The molecule has 0 aliphatic heterocycles. The third-order valence-corrected chi connectivity index (χ3v) is 3.72. The van der Waals surface area contributed by atoms with Crippen molar-refractivity contribution in [2.24, 2.45) is 0 Å². The predicted octanol–water partition coefficient (Wildman–Crippen LogP) is 4.57. The number of hydrogen-bond donors (Lipinski definition) is 0. The Kier molecular flexibility index (Phi) is 4.10. The van der Waals surface area contributed by atoms with Crippen molar-refractivity contribution in [3.05, 3.63) is 82.9 Å². The highest BCUT2D eigenvalue weighted by Crippen LogP contribution is 2.18. The van der Waals surface area contributed by atoms with E-state index < -0.39 is 0 Å². The van der Waals surface area contributed by atoms with Gasteiger partial charge in [0.1, 0.15) is 0 Å². The van der Waals surface area contributed by atoms with Crippen LogP contribution in [0.3, 0.4) is 0 Å². The molecule has 2 aliphatic carbocycles. The van der Waals surface area contributed by atoms with Crippen LogP contribution in [0.5, 0.6) is 0 Å². The van der Waals surface area contributed by atoms with Crippen molar-refractivity contribution in [2.45, 2.75) is 12.8 Å². The summed E-state index contributed by atoms with van der Waals surface area (Å²) in [7, 11) is 0. The predicted molar refractivity (Wildman–Crippen MR) is 88.8 cm³/mol. The average molecular weight is 288 g/mol. The van der Waals surface area contributed by atoms with Crippen LogP contribution in [0.25, 0.3) is 12.2 Å². The van der Waals surface area contributed by atoms with Gasteiger partial charge in [0.25, 0.3) is 0 Å². The molecule has 2 aromatic rings. The van der Waals surface area contributed by atoms with Gasteiger partial charge in [0.15, 0.2) is 11.6 Å². The normalized spacial score (nSPS) is 14.7.